The number of fused-ring (bicyclic) bond motifs is 1. The number of carbonyl (C=O) groups excluding carboxylic acids is 1. The van der Waals surface area contributed by atoms with Gasteiger partial charge in [-0.1, -0.05) is 12.1 Å². The molecule has 7 nitrogen and oxygen atoms in total. The van der Waals surface area contributed by atoms with Crippen molar-refractivity contribution in [2.75, 3.05) is 64.9 Å². The van der Waals surface area contributed by atoms with E-state index in [1.807, 2.05) is 30.3 Å². The highest BCUT2D eigenvalue weighted by atomic mass is 16.5. The zero-order chi connectivity index (χ0) is 21.5. The molecule has 2 aliphatic rings. The second-order valence-electron chi connectivity index (χ2n) is 7.98. The molecular weight excluding hydrogens is 394 g/mol. The smallest absolute Gasteiger partial charge is 0.238 e. The lowest BCUT2D eigenvalue weighted by Crippen LogP contribution is -2.49. The van der Waals surface area contributed by atoms with Crippen LogP contribution in [0.5, 0.6) is 17.2 Å². The topological polar surface area (TPSA) is 63.3 Å². The summed E-state index contributed by atoms with van der Waals surface area (Å²) in [5.41, 5.74) is 2.06. The van der Waals surface area contributed by atoms with Crippen LogP contribution in [-0.2, 0) is 11.2 Å². The number of hydrogen-bond donors (Lipinski definition) is 1. The lowest BCUT2D eigenvalue weighted by atomic mass is 10.1. The number of hydrogen-bond acceptors (Lipinski definition) is 6. The number of methoxy groups -OCH3 is 1. The zero-order valence-corrected chi connectivity index (χ0v) is 18.1. The molecule has 7 heteroatoms. The molecule has 0 atom stereocenters. The summed E-state index contributed by atoms with van der Waals surface area (Å²) in [6.07, 6.45) is 1.89. The maximum atomic E-state index is 12.5. The number of carbonyl (C=O) groups is 1. The molecule has 166 valence electrons. The molecule has 2 heterocycles. The van der Waals surface area contributed by atoms with E-state index in [0.717, 1.165) is 62.8 Å². The number of ether oxygens (including phenoxy) is 3. The van der Waals surface area contributed by atoms with Crippen LogP contribution in [0.15, 0.2) is 42.5 Å². The summed E-state index contributed by atoms with van der Waals surface area (Å²) in [7, 11) is 1.69. The van der Waals surface area contributed by atoms with E-state index in [-0.39, 0.29) is 5.91 Å². The first-order valence-corrected chi connectivity index (χ1v) is 11.0. The molecule has 2 aliphatic heterocycles. The Morgan fingerprint density at radius 1 is 0.968 bits per heavy atom. The van der Waals surface area contributed by atoms with Crippen molar-refractivity contribution in [3.63, 3.8) is 0 Å². The molecule has 1 saturated heterocycles. The second-order valence-corrected chi connectivity index (χ2v) is 7.98. The summed E-state index contributed by atoms with van der Waals surface area (Å²) < 4.78 is 16.6. The summed E-state index contributed by atoms with van der Waals surface area (Å²) in [6, 6.07) is 13.8. The van der Waals surface area contributed by atoms with Gasteiger partial charge in [0.1, 0.15) is 5.75 Å². The normalized spacial score (nSPS) is 17.1. The van der Waals surface area contributed by atoms with Gasteiger partial charge in [0.2, 0.25) is 5.91 Å². The molecule has 0 radical (unpaired) electrons. The minimum absolute atomic E-state index is 0.00109. The van der Waals surface area contributed by atoms with E-state index in [1.165, 1.54) is 5.56 Å². The van der Waals surface area contributed by atoms with Gasteiger partial charge in [-0.15, -0.1) is 0 Å². The van der Waals surface area contributed by atoms with Crippen LogP contribution in [0.1, 0.15) is 12.0 Å². The minimum Gasteiger partial charge on any atom is -0.497 e. The Balaban J connectivity index is 1.19. The Labute approximate surface area is 183 Å². The van der Waals surface area contributed by atoms with Gasteiger partial charge >= 0.3 is 0 Å². The zero-order valence-electron chi connectivity index (χ0n) is 18.1. The van der Waals surface area contributed by atoms with E-state index in [4.69, 9.17) is 14.2 Å². The van der Waals surface area contributed by atoms with Gasteiger partial charge in [0.05, 0.1) is 26.9 Å². The highest BCUT2D eigenvalue weighted by Crippen LogP contribution is 2.32. The molecule has 31 heavy (non-hydrogen) atoms. The van der Waals surface area contributed by atoms with Crippen molar-refractivity contribution >= 4 is 11.6 Å². The Morgan fingerprint density at radius 2 is 1.68 bits per heavy atom. The van der Waals surface area contributed by atoms with Gasteiger partial charge in [0.25, 0.3) is 0 Å². The lowest BCUT2D eigenvalue weighted by Gasteiger charge is -2.34. The third-order valence-corrected chi connectivity index (χ3v) is 5.74. The van der Waals surface area contributed by atoms with Crippen LogP contribution >= 0.6 is 0 Å². The van der Waals surface area contributed by atoms with E-state index in [9.17, 15) is 4.79 Å². The Bertz CT molecular complexity index is 864. The molecular formula is C24H31N3O4. The van der Waals surface area contributed by atoms with Gasteiger partial charge in [0.15, 0.2) is 11.5 Å². The number of piperazine rings is 1. The first kappa shape index (κ1) is 21.5. The number of amides is 1. The lowest BCUT2D eigenvalue weighted by molar-refractivity contribution is -0.117. The molecule has 0 saturated carbocycles. The standard InChI is InChI=1S/C24H31N3O4/c1-29-21-6-3-19(4-7-21)9-10-26-11-13-27(14-12-26)18-24(28)25-20-5-8-22-23(17-20)31-16-2-15-30-22/h3-8,17H,2,9-16,18H2,1H3,(H,25,28). The number of anilines is 1. The van der Waals surface area contributed by atoms with E-state index < -0.39 is 0 Å². The molecule has 0 aliphatic carbocycles. The predicted molar refractivity (Wildman–Crippen MR) is 120 cm³/mol. The molecule has 0 aromatic heterocycles. The fourth-order valence-corrected chi connectivity index (χ4v) is 3.90. The van der Waals surface area contributed by atoms with Gasteiger partial charge < -0.3 is 24.4 Å². The van der Waals surface area contributed by atoms with Crippen molar-refractivity contribution < 1.29 is 19.0 Å². The fraction of sp³-hybridized carbons (Fsp3) is 0.458. The van der Waals surface area contributed by atoms with E-state index >= 15 is 0 Å². The van der Waals surface area contributed by atoms with Crippen LogP contribution in [0, 0.1) is 0 Å². The average molecular weight is 426 g/mol. The quantitative estimate of drug-likeness (QED) is 0.736. The molecule has 4 rings (SSSR count). The second kappa shape index (κ2) is 10.5. The maximum Gasteiger partial charge on any atom is 0.238 e. The number of nitrogens with zero attached hydrogens (tertiary/aromatic N) is 2. The molecule has 1 amide bonds. The minimum atomic E-state index is 0.00109. The molecule has 2 aromatic carbocycles. The van der Waals surface area contributed by atoms with E-state index in [1.54, 1.807) is 7.11 Å². The Kier molecular flexibility index (Phi) is 7.27. The highest BCUT2D eigenvalue weighted by Gasteiger charge is 2.19. The first-order valence-electron chi connectivity index (χ1n) is 11.0. The van der Waals surface area contributed by atoms with E-state index in [2.05, 4.69) is 27.2 Å². The summed E-state index contributed by atoms with van der Waals surface area (Å²) >= 11 is 0. The van der Waals surface area contributed by atoms with Gasteiger partial charge in [-0.05, 0) is 36.2 Å². The third-order valence-electron chi connectivity index (χ3n) is 5.74. The van der Waals surface area contributed by atoms with Crippen molar-refractivity contribution in [3.8, 4) is 17.2 Å². The van der Waals surface area contributed by atoms with Gasteiger partial charge in [0, 0.05) is 50.9 Å². The van der Waals surface area contributed by atoms with Crippen LogP contribution in [0.25, 0.3) is 0 Å². The highest BCUT2D eigenvalue weighted by molar-refractivity contribution is 5.92. The van der Waals surface area contributed by atoms with E-state index in [0.29, 0.717) is 25.5 Å². The summed E-state index contributed by atoms with van der Waals surface area (Å²) in [4.78, 5) is 17.2. The summed E-state index contributed by atoms with van der Waals surface area (Å²) in [6.45, 7) is 6.48. The molecule has 1 fully saturated rings. The average Bonchev–Trinajstić information content (AvgIpc) is 3.04. The summed E-state index contributed by atoms with van der Waals surface area (Å²) in [5.74, 6) is 2.32. The SMILES string of the molecule is COc1ccc(CCN2CCN(CC(=O)Nc3ccc4c(c3)OCCCO4)CC2)cc1. The third kappa shape index (κ3) is 6.12. The largest absolute Gasteiger partial charge is 0.497 e. The fourth-order valence-electron chi connectivity index (χ4n) is 3.90. The Hall–Kier alpha value is -2.77. The van der Waals surface area contributed by atoms with Crippen LogP contribution in [0.3, 0.4) is 0 Å². The van der Waals surface area contributed by atoms with Gasteiger partial charge in [-0.2, -0.15) is 0 Å². The van der Waals surface area contributed by atoms with Crippen LogP contribution < -0.4 is 19.5 Å². The molecule has 1 N–H and O–H groups in total. The summed E-state index contributed by atoms with van der Waals surface area (Å²) in [5, 5.41) is 2.99. The van der Waals surface area contributed by atoms with Crippen molar-refractivity contribution in [2.24, 2.45) is 0 Å². The van der Waals surface area contributed by atoms with Crippen molar-refractivity contribution in [2.45, 2.75) is 12.8 Å². The van der Waals surface area contributed by atoms with Crippen molar-refractivity contribution in [3.05, 3.63) is 48.0 Å². The Morgan fingerprint density at radius 3 is 2.42 bits per heavy atom. The van der Waals surface area contributed by atoms with Gasteiger partial charge in [-0.25, -0.2) is 0 Å². The molecule has 0 unspecified atom stereocenters. The van der Waals surface area contributed by atoms with Crippen LogP contribution in [-0.4, -0.2) is 75.3 Å². The molecule has 2 aromatic rings. The number of rotatable bonds is 7. The van der Waals surface area contributed by atoms with Crippen LogP contribution in [0.4, 0.5) is 5.69 Å². The molecule has 0 bridgehead atoms. The van der Waals surface area contributed by atoms with Crippen molar-refractivity contribution in [1.29, 1.82) is 0 Å². The maximum absolute atomic E-state index is 12.5. The first-order chi connectivity index (χ1) is 15.2. The monoisotopic (exact) mass is 425 g/mol. The predicted octanol–water partition coefficient (Wildman–Crippen LogP) is 2.66. The number of benzene rings is 2. The van der Waals surface area contributed by atoms with Gasteiger partial charge in [-0.3, -0.25) is 9.69 Å². The van der Waals surface area contributed by atoms with Crippen molar-refractivity contribution in [1.82, 2.24) is 9.80 Å². The molecule has 0 spiro atoms. The number of nitrogens with one attached hydrogen (secondary N) is 1. The van der Waals surface area contributed by atoms with Crippen LogP contribution in [0.2, 0.25) is 0 Å².